The maximum Gasteiger partial charge on any atom is 0.191 e. The lowest BCUT2D eigenvalue weighted by Crippen LogP contribution is -2.40. The van der Waals surface area contributed by atoms with E-state index in [9.17, 15) is 4.39 Å². The number of hydrogen-bond donors (Lipinski definition) is 2. The summed E-state index contributed by atoms with van der Waals surface area (Å²) in [5.41, 5.74) is 0.877. The maximum absolute atomic E-state index is 13.0. The van der Waals surface area contributed by atoms with Crippen molar-refractivity contribution in [3.05, 3.63) is 34.6 Å². The standard InChI is InChI=1S/C13H19ClFN3.HI/c1-4-16-13(18-9(2)3)17-8-10-5-6-12(15)11(14)7-10;/h5-7,9H,4,8H2,1-3H3,(H2,16,17,18);1H. The third-order valence-corrected chi connectivity index (χ3v) is 2.46. The molecule has 0 aromatic heterocycles. The van der Waals surface area contributed by atoms with Crippen molar-refractivity contribution < 1.29 is 4.39 Å². The van der Waals surface area contributed by atoms with E-state index in [2.05, 4.69) is 15.6 Å². The van der Waals surface area contributed by atoms with Crippen LogP contribution >= 0.6 is 35.6 Å². The van der Waals surface area contributed by atoms with Gasteiger partial charge in [0.1, 0.15) is 5.82 Å². The molecular weight excluding hydrogens is 380 g/mol. The number of rotatable bonds is 4. The lowest BCUT2D eigenvalue weighted by atomic mass is 10.2. The maximum atomic E-state index is 13.0. The molecule has 0 aliphatic heterocycles. The lowest BCUT2D eigenvalue weighted by Gasteiger charge is -2.13. The minimum absolute atomic E-state index is 0. The highest BCUT2D eigenvalue weighted by molar-refractivity contribution is 14.0. The summed E-state index contributed by atoms with van der Waals surface area (Å²) in [5, 5.41) is 6.48. The highest BCUT2D eigenvalue weighted by Crippen LogP contribution is 2.16. The van der Waals surface area contributed by atoms with Crippen molar-refractivity contribution in [2.45, 2.75) is 33.4 Å². The van der Waals surface area contributed by atoms with Gasteiger partial charge in [0.15, 0.2) is 5.96 Å². The Bertz CT molecular complexity index is 424. The molecular formula is C13H20ClFIN3. The van der Waals surface area contributed by atoms with Gasteiger partial charge in [0.2, 0.25) is 0 Å². The van der Waals surface area contributed by atoms with E-state index in [1.54, 1.807) is 12.1 Å². The molecule has 1 aromatic rings. The molecule has 0 amide bonds. The SMILES string of the molecule is CCNC(=NCc1ccc(F)c(Cl)c1)NC(C)C.I. The molecule has 0 aliphatic rings. The first-order valence-electron chi connectivity index (χ1n) is 6.01. The third kappa shape index (κ3) is 6.96. The lowest BCUT2D eigenvalue weighted by molar-refractivity contribution is 0.627. The minimum Gasteiger partial charge on any atom is -0.357 e. The van der Waals surface area contributed by atoms with Gasteiger partial charge in [0, 0.05) is 12.6 Å². The van der Waals surface area contributed by atoms with E-state index in [0.717, 1.165) is 18.1 Å². The minimum atomic E-state index is -0.406. The monoisotopic (exact) mass is 399 g/mol. The number of halogens is 3. The fourth-order valence-electron chi connectivity index (χ4n) is 1.40. The molecule has 0 radical (unpaired) electrons. The molecule has 0 saturated carbocycles. The van der Waals surface area contributed by atoms with Gasteiger partial charge in [-0.2, -0.15) is 0 Å². The van der Waals surface area contributed by atoms with Gasteiger partial charge in [-0.25, -0.2) is 9.38 Å². The largest absolute Gasteiger partial charge is 0.357 e. The molecule has 1 rings (SSSR count). The number of nitrogens with one attached hydrogen (secondary N) is 2. The molecule has 0 heterocycles. The molecule has 0 unspecified atom stereocenters. The summed E-state index contributed by atoms with van der Waals surface area (Å²) in [7, 11) is 0. The summed E-state index contributed by atoms with van der Waals surface area (Å²) in [6.07, 6.45) is 0. The summed E-state index contributed by atoms with van der Waals surface area (Å²) in [6, 6.07) is 4.94. The van der Waals surface area contributed by atoms with Crippen LogP contribution in [-0.4, -0.2) is 18.5 Å². The Morgan fingerprint density at radius 2 is 2.11 bits per heavy atom. The fraction of sp³-hybridized carbons (Fsp3) is 0.462. The second kappa shape index (κ2) is 9.36. The van der Waals surface area contributed by atoms with Crippen LogP contribution in [0.5, 0.6) is 0 Å². The number of nitrogens with zero attached hydrogens (tertiary/aromatic N) is 1. The molecule has 1 aromatic carbocycles. The molecule has 108 valence electrons. The summed E-state index contributed by atoms with van der Waals surface area (Å²) in [4.78, 5) is 4.41. The summed E-state index contributed by atoms with van der Waals surface area (Å²) >= 11 is 5.72. The van der Waals surface area contributed by atoms with Crippen LogP contribution in [0.3, 0.4) is 0 Å². The molecule has 2 N–H and O–H groups in total. The molecule has 6 heteroatoms. The summed E-state index contributed by atoms with van der Waals surface area (Å²) in [5.74, 6) is 0.338. The van der Waals surface area contributed by atoms with Gasteiger partial charge >= 0.3 is 0 Å². The van der Waals surface area contributed by atoms with E-state index in [1.165, 1.54) is 6.07 Å². The molecule has 0 fully saturated rings. The zero-order chi connectivity index (χ0) is 13.5. The Morgan fingerprint density at radius 1 is 1.42 bits per heavy atom. The Balaban J connectivity index is 0.00000324. The number of guanidine groups is 1. The van der Waals surface area contributed by atoms with E-state index in [-0.39, 0.29) is 29.0 Å². The molecule has 0 spiro atoms. The van der Waals surface area contributed by atoms with E-state index in [0.29, 0.717) is 12.6 Å². The van der Waals surface area contributed by atoms with Crippen molar-refractivity contribution in [3.63, 3.8) is 0 Å². The summed E-state index contributed by atoms with van der Waals surface area (Å²) in [6.45, 7) is 7.35. The first kappa shape index (κ1) is 18.4. The van der Waals surface area contributed by atoms with Crippen LogP contribution in [-0.2, 0) is 6.54 Å². The van der Waals surface area contributed by atoms with Crippen LogP contribution in [0.25, 0.3) is 0 Å². The second-order valence-electron chi connectivity index (χ2n) is 4.24. The van der Waals surface area contributed by atoms with Crippen LogP contribution in [0.4, 0.5) is 4.39 Å². The first-order valence-corrected chi connectivity index (χ1v) is 6.39. The zero-order valence-electron chi connectivity index (χ0n) is 11.3. The van der Waals surface area contributed by atoms with E-state index in [4.69, 9.17) is 11.6 Å². The van der Waals surface area contributed by atoms with Crippen molar-refractivity contribution >= 4 is 41.5 Å². The van der Waals surface area contributed by atoms with E-state index >= 15 is 0 Å². The first-order chi connectivity index (χ1) is 8.52. The Labute approximate surface area is 136 Å². The van der Waals surface area contributed by atoms with Gasteiger partial charge in [-0.1, -0.05) is 17.7 Å². The van der Waals surface area contributed by atoms with Gasteiger partial charge in [-0.05, 0) is 38.5 Å². The van der Waals surface area contributed by atoms with Crippen LogP contribution in [0.1, 0.15) is 26.3 Å². The normalized spacial score (nSPS) is 11.2. The average molecular weight is 400 g/mol. The van der Waals surface area contributed by atoms with Gasteiger partial charge in [-0.15, -0.1) is 24.0 Å². The Morgan fingerprint density at radius 3 is 2.63 bits per heavy atom. The van der Waals surface area contributed by atoms with Crippen LogP contribution < -0.4 is 10.6 Å². The quantitative estimate of drug-likeness (QED) is 0.461. The van der Waals surface area contributed by atoms with Crippen molar-refractivity contribution in [1.82, 2.24) is 10.6 Å². The second-order valence-corrected chi connectivity index (χ2v) is 4.65. The van der Waals surface area contributed by atoms with Crippen molar-refractivity contribution in [1.29, 1.82) is 0 Å². The molecule has 0 atom stereocenters. The summed E-state index contributed by atoms with van der Waals surface area (Å²) < 4.78 is 13.0. The Kier molecular flexibility index (Phi) is 9.08. The van der Waals surface area contributed by atoms with Crippen molar-refractivity contribution in [2.24, 2.45) is 4.99 Å². The smallest absolute Gasteiger partial charge is 0.191 e. The van der Waals surface area contributed by atoms with Gasteiger partial charge in [0.05, 0.1) is 11.6 Å². The predicted octanol–water partition coefficient (Wildman–Crippen LogP) is 3.56. The van der Waals surface area contributed by atoms with Crippen molar-refractivity contribution in [3.8, 4) is 0 Å². The average Bonchev–Trinajstić information content (AvgIpc) is 2.30. The van der Waals surface area contributed by atoms with Gasteiger partial charge in [-0.3, -0.25) is 0 Å². The number of aliphatic imine (C=N–C) groups is 1. The molecule has 3 nitrogen and oxygen atoms in total. The number of benzene rings is 1. The van der Waals surface area contributed by atoms with Crippen LogP contribution in [0, 0.1) is 5.82 Å². The van der Waals surface area contributed by atoms with Crippen LogP contribution in [0.15, 0.2) is 23.2 Å². The van der Waals surface area contributed by atoms with Gasteiger partial charge < -0.3 is 10.6 Å². The van der Waals surface area contributed by atoms with Crippen LogP contribution in [0.2, 0.25) is 5.02 Å². The van der Waals surface area contributed by atoms with E-state index < -0.39 is 5.82 Å². The third-order valence-electron chi connectivity index (χ3n) is 2.17. The van der Waals surface area contributed by atoms with Crippen molar-refractivity contribution in [2.75, 3.05) is 6.54 Å². The van der Waals surface area contributed by atoms with E-state index in [1.807, 2.05) is 20.8 Å². The topological polar surface area (TPSA) is 36.4 Å². The highest BCUT2D eigenvalue weighted by atomic mass is 127. The molecule has 19 heavy (non-hydrogen) atoms. The fourth-order valence-corrected chi connectivity index (χ4v) is 1.60. The Hall–Kier alpha value is -0.560. The zero-order valence-corrected chi connectivity index (χ0v) is 14.4. The predicted molar refractivity (Wildman–Crippen MR) is 89.9 cm³/mol. The highest BCUT2D eigenvalue weighted by Gasteiger charge is 2.02. The molecule has 0 bridgehead atoms. The van der Waals surface area contributed by atoms with Gasteiger partial charge in [0.25, 0.3) is 0 Å². The molecule has 0 aliphatic carbocycles. The molecule has 0 saturated heterocycles. The number of hydrogen-bond acceptors (Lipinski definition) is 1.